The van der Waals surface area contributed by atoms with E-state index in [0.717, 1.165) is 24.6 Å². The molecule has 94 valence electrons. The van der Waals surface area contributed by atoms with E-state index in [-0.39, 0.29) is 6.10 Å². The Bertz CT molecular complexity index is 239. The van der Waals surface area contributed by atoms with Crippen molar-refractivity contribution >= 4 is 17.7 Å². The first-order chi connectivity index (χ1) is 7.41. The minimum Gasteiger partial charge on any atom is -0.481 e. The number of aliphatic carboxylic acids is 1. The van der Waals surface area contributed by atoms with Gasteiger partial charge in [-0.05, 0) is 12.8 Å². The predicted molar refractivity (Wildman–Crippen MR) is 53.5 cm³/mol. The zero-order valence-corrected chi connectivity index (χ0v) is 9.31. The third-order valence-electron chi connectivity index (χ3n) is 2.31. The number of carboxylic acids is 1. The highest BCUT2D eigenvalue weighted by molar-refractivity contribution is 7.99. The van der Waals surface area contributed by atoms with Gasteiger partial charge < -0.3 is 9.84 Å². The average Bonchev–Trinajstić information content (AvgIpc) is 2.61. The Balaban J connectivity index is 2.30. The third kappa shape index (κ3) is 4.21. The van der Waals surface area contributed by atoms with Gasteiger partial charge in [0.05, 0.1) is 6.10 Å². The van der Waals surface area contributed by atoms with Crippen molar-refractivity contribution in [3.63, 3.8) is 0 Å². The summed E-state index contributed by atoms with van der Waals surface area (Å²) < 4.78 is 42.0. The van der Waals surface area contributed by atoms with Crippen molar-refractivity contribution in [3.8, 4) is 0 Å². The summed E-state index contributed by atoms with van der Waals surface area (Å²) in [4.78, 5) is 10.4. The molecule has 16 heavy (non-hydrogen) atoms. The minimum atomic E-state index is -4.67. The first-order valence-electron chi connectivity index (χ1n) is 4.90. The monoisotopic (exact) mass is 258 g/mol. The zero-order chi connectivity index (χ0) is 12.2. The maximum Gasteiger partial charge on any atom is 0.403 e. The van der Waals surface area contributed by atoms with Gasteiger partial charge >= 0.3 is 12.1 Å². The Morgan fingerprint density at radius 3 is 2.69 bits per heavy atom. The fourth-order valence-corrected chi connectivity index (χ4v) is 2.63. The molecular formula is C9H13F3O3S. The normalized spacial score (nSPS) is 23.3. The van der Waals surface area contributed by atoms with E-state index in [4.69, 9.17) is 9.84 Å². The number of alkyl halides is 3. The highest BCUT2D eigenvalue weighted by atomic mass is 32.2. The molecule has 0 spiro atoms. The number of carbonyl (C=O) groups is 1. The van der Waals surface area contributed by atoms with Gasteiger partial charge in [-0.2, -0.15) is 24.9 Å². The highest BCUT2D eigenvalue weighted by Crippen LogP contribution is 2.30. The molecule has 0 amide bonds. The number of halogens is 3. The molecule has 0 saturated carbocycles. The lowest BCUT2D eigenvalue weighted by Crippen LogP contribution is -2.33. The molecule has 1 aliphatic heterocycles. The summed E-state index contributed by atoms with van der Waals surface area (Å²) in [7, 11) is 0. The van der Waals surface area contributed by atoms with Gasteiger partial charge in [0, 0.05) is 18.1 Å². The molecule has 7 heteroatoms. The molecular weight excluding hydrogens is 245 g/mol. The van der Waals surface area contributed by atoms with E-state index in [1.54, 1.807) is 0 Å². The lowest BCUT2D eigenvalue weighted by atomic mass is 10.2. The quantitative estimate of drug-likeness (QED) is 0.821. The van der Waals surface area contributed by atoms with Crippen molar-refractivity contribution in [2.45, 2.75) is 25.1 Å². The minimum absolute atomic E-state index is 0.0207. The largest absolute Gasteiger partial charge is 0.481 e. The molecule has 3 nitrogen and oxygen atoms in total. The van der Waals surface area contributed by atoms with Crippen molar-refractivity contribution in [3.05, 3.63) is 0 Å². The predicted octanol–water partition coefficient (Wildman–Crippen LogP) is 2.16. The zero-order valence-electron chi connectivity index (χ0n) is 8.50. The molecule has 1 rings (SSSR count). The average molecular weight is 258 g/mol. The molecule has 1 N–H and O–H groups in total. The highest BCUT2D eigenvalue weighted by Gasteiger charge is 2.44. The second-order valence-corrected chi connectivity index (χ2v) is 4.68. The summed E-state index contributed by atoms with van der Waals surface area (Å²) in [5.74, 6) is -4.11. The Morgan fingerprint density at radius 1 is 1.56 bits per heavy atom. The van der Waals surface area contributed by atoms with Crippen LogP contribution in [0.15, 0.2) is 0 Å². The Morgan fingerprint density at radius 2 is 2.25 bits per heavy atom. The van der Waals surface area contributed by atoms with Crippen LogP contribution in [0.2, 0.25) is 0 Å². The van der Waals surface area contributed by atoms with Gasteiger partial charge in [-0.25, -0.2) is 0 Å². The van der Waals surface area contributed by atoms with E-state index in [1.807, 2.05) is 0 Å². The summed E-state index contributed by atoms with van der Waals surface area (Å²) in [6.45, 7) is 0.646. The van der Waals surface area contributed by atoms with Crippen molar-refractivity contribution in [1.29, 1.82) is 0 Å². The number of ether oxygens (including phenoxy) is 1. The molecule has 0 bridgehead atoms. The second kappa shape index (κ2) is 5.77. The van der Waals surface area contributed by atoms with E-state index in [2.05, 4.69) is 0 Å². The van der Waals surface area contributed by atoms with Gasteiger partial charge in [-0.1, -0.05) is 0 Å². The van der Waals surface area contributed by atoms with E-state index in [9.17, 15) is 18.0 Å². The summed E-state index contributed by atoms with van der Waals surface area (Å²) in [6, 6.07) is 0. The van der Waals surface area contributed by atoms with Gasteiger partial charge in [-0.3, -0.25) is 4.79 Å². The maximum atomic E-state index is 12.2. The molecule has 0 radical (unpaired) electrons. The van der Waals surface area contributed by atoms with Crippen LogP contribution in [-0.4, -0.2) is 41.5 Å². The van der Waals surface area contributed by atoms with Crippen LogP contribution in [0.25, 0.3) is 0 Å². The Kier molecular flexibility index (Phi) is 4.91. The Hall–Kier alpha value is -0.430. The molecule has 0 aromatic carbocycles. The summed E-state index contributed by atoms with van der Waals surface area (Å²) in [6.07, 6.45) is -2.92. The van der Waals surface area contributed by atoms with Gasteiger partial charge in [0.15, 0.2) is 5.92 Å². The third-order valence-corrected chi connectivity index (χ3v) is 3.48. The van der Waals surface area contributed by atoms with Crippen LogP contribution in [0.4, 0.5) is 13.2 Å². The first-order valence-corrected chi connectivity index (χ1v) is 6.05. The lowest BCUT2D eigenvalue weighted by molar-refractivity contribution is -0.188. The molecule has 0 aliphatic carbocycles. The van der Waals surface area contributed by atoms with Crippen LogP contribution in [-0.2, 0) is 9.53 Å². The standard InChI is InChI=1S/C9H13F3O3S/c10-9(11,12)7(8(13)14)5-16-4-6-2-1-3-15-6/h6-7H,1-5H2,(H,13,14). The second-order valence-electron chi connectivity index (χ2n) is 3.60. The van der Waals surface area contributed by atoms with Crippen molar-refractivity contribution in [2.75, 3.05) is 18.1 Å². The van der Waals surface area contributed by atoms with Crippen LogP contribution in [0, 0.1) is 5.92 Å². The van der Waals surface area contributed by atoms with Crippen molar-refractivity contribution in [2.24, 2.45) is 5.92 Å². The fourth-order valence-electron chi connectivity index (χ4n) is 1.40. The lowest BCUT2D eigenvalue weighted by Gasteiger charge is -2.16. The number of rotatable bonds is 5. The summed E-state index contributed by atoms with van der Waals surface area (Å²) in [5.41, 5.74) is 0. The molecule has 2 atom stereocenters. The van der Waals surface area contributed by atoms with Gasteiger partial charge in [0.25, 0.3) is 0 Å². The summed E-state index contributed by atoms with van der Waals surface area (Å²) >= 11 is 0.988. The molecule has 2 unspecified atom stereocenters. The van der Waals surface area contributed by atoms with Crippen LogP contribution in [0.1, 0.15) is 12.8 Å². The smallest absolute Gasteiger partial charge is 0.403 e. The summed E-state index contributed by atoms with van der Waals surface area (Å²) in [5, 5.41) is 8.44. The SMILES string of the molecule is O=C(O)C(CSCC1CCCO1)C(F)(F)F. The Labute approximate surface area is 95.3 Å². The number of hydrogen-bond donors (Lipinski definition) is 1. The first kappa shape index (κ1) is 13.6. The molecule has 0 aromatic heterocycles. The number of carboxylic acid groups (broad SMARTS) is 1. The molecule has 1 fully saturated rings. The molecule has 1 heterocycles. The molecule has 0 aromatic rings. The topological polar surface area (TPSA) is 46.5 Å². The fraction of sp³-hybridized carbons (Fsp3) is 0.889. The van der Waals surface area contributed by atoms with Crippen LogP contribution in [0.5, 0.6) is 0 Å². The molecule has 1 aliphatic rings. The van der Waals surface area contributed by atoms with Crippen molar-refractivity contribution < 1.29 is 27.8 Å². The maximum absolute atomic E-state index is 12.2. The number of thioether (sulfide) groups is 1. The molecule has 1 saturated heterocycles. The van der Waals surface area contributed by atoms with E-state index in [1.165, 1.54) is 0 Å². The van der Waals surface area contributed by atoms with Crippen LogP contribution < -0.4 is 0 Å². The van der Waals surface area contributed by atoms with Crippen LogP contribution in [0.3, 0.4) is 0 Å². The van der Waals surface area contributed by atoms with Gasteiger partial charge in [0.2, 0.25) is 0 Å². The van der Waals surface area contributed by atoms with Gasteiger partial charge in [0.1, 0.15) is 0 Å². The van der Waals surface area contributed by atoms with E-state index >= 15 is 0 Å². The van der Waals surface area contributed by atoms with E-state index in [0.29, 0.717) is 12.4 Å². The van der Waals surface area contributed by atoms with Gasteiger partial charge in [-0.15, -0.1) is 0 Å². The van der Waals surface area contributed by atoms with Crippen molar-refractivity contribution in [1.82, 2.24) is 0 Å². The van der Waals surface area contributed by atoms with E-state index < -0.39 is 23.8 Å². The number of hydrogen-bond acceptors (Lipinski definition) is 3. The van der Waals surface area contributed by atoms with Crippen LogP contribution >= 0.6 is 11.8 Å².